The van der Waals surface area contributed by atoms with E-state index in [1.807, 2.05) is 0 Å². The summed E-state index contributed by atoms with van der Waals surface area (Å²) < 4.78 is 0. The summed E-state index contributed by atoms with van der Waals surface area (Å²) in [6.07, 6.45) is 0.0244. The van der Waals surface area contributed by atoms with Gasteiger partial charge in [-0.15, -0.1) is 5.43 Å². The zero-order chi connectivity index (χ0) is 12.1. The van der Waals surface area contributed by atoms with E-state index in [0.29, 0.717) is 11.3 Å². The molecule has 1 unspecified atom stereocenters. The highest BCUT2D eigenvalue weighted by Crippen LogP contribution is 2.08. The fourth-order valence-corrected chi connectivity index (χ4v) is 1.20. The number of hydrogen-bond donors (Lipinski definition) is 3. The first-order chi connectivity index (χ1) is 7.49. The molecule has 1 aromatic rings. The van der Waals surface area contributed by atoms with Crippen LogP contribution >= 0.6 is 0 Å². The second-order valence-electron chi connectivity index (χ2n) is 3.22. The van der Waals surface area contributed by atoms with E-state index in [2.05, 4.69) is 0 Å². The van der Waals surface area contributed by atoms with Crippen molar-refractivity contribution in [2.45, 2.75) is 12.5 Å². The van der Waals surface area contributed by atoms with Crippen molar-refractivity contribution in [3.63, 3.8) is 0 Å². The van der Waals surface area contributed by atoms with Crippen molar-refractivity contribution >= 4 is 11.7 Å². The number of nitrogen functional groups attached to an aromatic ring is 1. The van der Waals surface area contributed by atoms with Crippen LogP contribution in [0.15, 0.2) is 24.3 Å². The number of aliphatic carboxylic acids is 1. The average molecular weight is 225 g/mol. The van der Waals surface area contributed by atoms with Gasteiger partial charge >= 0.3 is 5.97 Å². The maximum Gasteiger partial charge on any atom is 0.332 e. The Hall–Kier alpha value is -2.31. The maximum atomic E-state index is 10.7. The summed E-state index contributed by atoms with van der Waals surface area (Å²) in [7, 11) is 0. The highest BCUT2D eigenvalue weighted by atomic mass is 16.7. The van der Waals surface area contributed by atoms with Crippen LogP contribution in [0, 0.1) is 10.1 Å². The topological polar surface area (TPSA) is 118 Å². The van der Waals surface area contributed by atoms with Crippen LogP contribution in [0.4, 0.5) is 5.69 Å². The van der Waals surface area contributed by atoms with E-state index in [4.69, 9.17) is 10.8 Å². The van der Waals surface area contributed by atoms with E-state index >= 15 is 0 Å². The molecule has 0 bridgehead atoms. The molecule has 7 nitrogen and oxygen atoms in total. The monoisotopic (exact) mass is 225 g/mol. The number of carboxylic acids is 1. The molecule has 7 heteroatoms. The quantitative estimate of drug-likeness (QED) is 0.370. The molecule has 16 heavy (non-hydrogen) atoms. The largest absolute Gasteiger partial charge is 0.480 e. The molecule has 0 saturated carbocycles. The summed E-state index contributed by atoms with van der Waals surface area (Å²) in [5.41, 5.74) is 8.41. The van der Waals surface area contributed by atoms with Crippen LogP contribution in [0.5, 0.6) is 0 Å². The molecule has 4 N–H and O–H groups in total. The van der Waals surface area contributed by atoms with Crippen LogP contribution in [-0.4, -0.2) is 22.1 Å². The van der Waals surface area contributed by atoms with Gasteiger partial charge in [0.05, 0.1) is 0 Å². The summed E-state index contributed by atoms with van der Waals surface area (Å²) in [5.74, 6) is -1.27. The van der Waals surface area contributed by atoms with E-state index in [9.17, 15) is 14.9 Å². The second kappa shape index (κ2) is 4.96. The molecule has 0 radical (unpaired) electrons. The van der Waals surface area contributed by atoms with Gasteiger partial charge in [0.15, 0.2) is 11.1 Å². The zero-order valence-corrected chi connectivity index (χ0v) is 8.29. The normalized spacial score (nSPS) is 11.8. The molecule has 0 aliphatic heterocycles. The Morgan fingerprint density at radius 2 is 2.06 bits per heavy atom. The molecule has 0 heterocycles. The highest BCUT2D eigenvalue weighted by Gasteiger charge is 2.22. The summed E-state index contributed by atoms with van der Waals surface area (Å²) in [4.78, 5) is 20.9. The summed E-state index contributed by atoms with van der Waals surface area (Å²) in [6, 6.07) is 5.24. The van der Waals surface area contributed by atoms with E-state index in [-0.39, 0.29) is 6.42 Å². The standard InChI is InChI=1S/C9H11N3O4/c10-7-3-1-6(2-4-7)5-8(9(13)14)11-12(15)16/h1-4,8,11H,5,10H2,(H,13,14). The van der Waals surface area contributed by atoms with Gasteiger partial charge in [-0.25, -0.2) is 14.9 Å². The maximum absolute atomic E-state index is 10.7. The van der Waals surface area contributed by atoms with Gasteiger partial charge in [0.25, 0.3) is 0 Å². The fraction of sp³-hybridized carbons (Fsp3) is 0.222. The first-order valence-corrected chi connectivity index (χ1v) is 4.47. The third-order valence-electron chi connectivity index (χ3n) is 1.98. The number of nitro groups is 1. The minimum Gasteiger partial charge on any atom is -0.480 e. The Morgan fingerprint density at radius 1 is 1.50 bits per heavy atom. The molecule has 1 atom stereocenters. The lowest BCUT2D eigenvalue weighted by Gasteiger charge is -2.09. The fourth-order valence-electron chi connectivity index (χ4n) is 1.20. The first kappa shape index (κ1) is 11.8. The second-order valence-corrected chi connectivity index (χ2v) is 3.22. The number of nitrogens with zero attached hydrogens (tertiary/aromatic N) is 1. The Bertz CT molecular complexity index is 390. The number of nitrogens with two attached hydrogens (primary N) is 1. The molecule has 0 aliphatic rings. The predicted molar refractivity (Wildman–Crippen MR) is 56.1 cm³/mol. The molecular weight excluding hydrogens is 214 g/mol. The Morgan fingerprint density at radius 3 is 2.50 bits per heavy atom. The summed E-state index contributed by atoms with van der Waals surface area (Å²) in [5, 5.41) is 18.1. The van der Waals surface area contributed by atoms with Gasteiger partial charge in [-0.3, -0.25) is 0 Å². The molecule has 1 aromatic carbocycles. The van der Waals surface area contributed by atoms with Gasteiger partial charge < -0.3 is 10.8 Å². The van der Waals surface area contributed by atoms with E-state index in [1.165, 1.54) is 0 Å². The van der Waals surface area contributed by atoms with Crippen LogP contribution in [0.1, 0.15) is 5.56 Å². The van der Waals surface area contributed by atoms with Crippen LogP contribution in [-0.2, 0) is 11.2 Å². The van der Waals surface area contributed by atoms with Gasteiger partial charge in [-0.2, -0.15) is 0 Å². The number of hydrazine groups is 1. The van der Waals surface area contributed by atoms with Gasteiger partial charge in [-0.05, 0) is 17.7 Å². The summed E-state index contributed by atoms with van der Waals surface area (Å²) in [6.45, 7) is 0. The molecule has 86 valence electrons. The van der Waals surface area contributed by atoms with Gasteiger partial charge in [-0.1, -0.05) is 12.1 Å². The Kier molecular flexibility index (Phi) is 3.65. The lowest BCUT2D eigenvalue weighted by Crippen LogP contribution is -2.41. The van der Waals surface area contributed by atoms with Gasteiger partial charge in [0.2, 0.25) is 0 Å². The molecule has 0 aliphatic carbocycles. The third-order valence-corrected chi connectivity index (χ3v) is 1.98. The minimum absolute atomic E-state index is 0.0244. The van der Waals surface area contributed by atoms with Crippen LogP contribution < -0.4 is 11.2 Å². The lowest BCUT2D eigenvalue weighted by atomic mass is 10.1. The van der Waals surface area contributed by atoms with Crippen molar-refractivity contribution in [1.29, 1.82) is 0 Å². The zero-order valence-electron chi connectivity index (χ0n) is 8.29. The van der Waals surface area contributed by atoms with Crippen LogP contribution in [0.25, 0.3) is 0 Å². The van der Waals surface area contributed by atoms with E-state index in [1.54, 1.807) is 29.7 Å². The van der Waals surface area contributed by atoms with Crippen LogP contribution in [0.2, 0.25) is 0 Å². The number of carbonyl (C=O) groups is 1. The molecule has 0 aromatic heterocycles. The highest BCUT2D eigenvalue weighted by molar-refractivity contribution is 5.73. The number of rotatable bonds is 5. The number of nitrogens with one attached hydrogen (secondary N) is 1. The molecule has 0 saturated heterocycles. The first-order valence-electron chi connectivity index (χ1n) is 4.47. The average Bonchev–Trinajstić information content (AvgIpc) is 2.19. The van der Waals surface area contributed by atoms with Crippen LogP contribution in [0.3, 0.4) is 0 Å². The molecule has 0 fully saturated rings. The smallest absolute Gasteiger partial charge is 0.332 e. The van der Waals surface area contributed by atoms with Crippen molar-refractivity contribution in [2.24, 2.45) is 0 Å². The van der Waals surface area contributed by atoms with Gasteiger partial charge in [0, 0.05) is 12.1 Å². The molecule has 1 rings (SSSR count). The predicted octanol–water partition coefficient (Wildman–Crippen LogP) is 0.0458. The number of benzene rings is 1. The minimum atomic E-state index is -1.27. The SMILES string of the molecule is Nc1ccc(CC(N[N+](=O)[O-])C(=O)O)cc1. The van der Waals surface area contributed by atoms with Gasteiger partial charge in [0.1, 0.15) is 0 Å². The molecule has 0 amide bonds. The molecule has 0 spiro atoms. The van der Waals surface area contributed by atoms with E-state index in [0.717, 1.165) is 0 Å². The third kappa shape index (κ3) is 3.45. The number of hydrogen-bond acceptors (Lipinski definition) is 4. The number of anilines is 1. The van der Waals surface area contributed by atoms with Crippen molar-refractivity contribution in [2.75, 3.05) is 5.73 Å². The van der Waals surface area contributed by atoms with Crippen molar-refractivity contribution in [3.05, 3.63) is 39.9 Å². The number of carboxylic acid groups (broad SMARTS) is 1. The van der Waals surface area contributed by atoms with Crippen molar-refractivity contribution in [1.82, 2.24) is 5.43 Å². The Labute approximate surface area is 91.0 Å². The Balaban J connectivity index is 2.71. The van der Waals surface area contributed by atoms with Crippen molar-refractivity contribution < 1.29 is 14.9 Å². The lowest BCUT2D eigenvalue weighted by molar-refractivity contribution is -0.548. The van der Waals surface area contributed by atoms with E-state index < -0.39 is 17.0 Å². The summed E-state index contributed by atoms with van der Waals surface area (Å²) >= 11 is 0. The van der Waals surface area contributed by atoms with Crippen molar-refractivity contribution in [3.8, 4) is 0 Å². The molecular formula is C9H11N3O4.